The van der Waals surface area contributed by atoms with Gasteiger partial charge in [-0.2, -0.15) is 4.31 Å². The van der Waals surface area contributed by atoms with Gasteiger partial charge in [-0.25, -0.2) is 8.42 Å². The minimum absolute atomic E-state index is 0.000374. The maximum atomic E-state index is 13.3. The topological polar surface area (TPSA) is 78.0 Å². The van der Waals surface area contributed by atoms with E-state index in [0.29, 0.717) is 44.0 Å². The van der Waals surface area contributed by atoms with Gasteiger partial charge in [-0.05, 0) is 48.6 Å². The van der Waals surface area contributed by atoms with Gasteiger partial charge >= 0.3 is 0 Å². The lowest BCUT2D eigenvalue weighted by atomic mass is 10.1. The molecule has 3 heterocycles. The van der Waals surface area contributed by atoms with Gasteiger partial charge in [0.25, 0.3) is 0 Å². The van der Waals surface area contributed by atoms with Crippen LogP contribution in [-0.4, -0.2) is 55.6 Å². The fraction of sp³-hybridized carbons (Fsp3) is 0.440. The first-order chi connectivity index (χ1) is 15.9. The van der Waals surface area contributed by atoms with Crippen LogP contribution in [0.5, 0.6) is 0 Å². The first-order valence-corrected chi connectivity index (χ1v) is 13.1. The summed E-state index contributed by atoms with van der Waals surface area (Å²) in [6, 6.07) is 14.9. The Kier molecular flexibility index (Phi) is 5.97. The van der Waals surface area contributed by atoms with Crippen molar-refractivity contribution in [2.75, 3.05) is 31.1 Å². The van der Waals surface area contributed by atoms with Crippen molar-refractivity contribution in [3.63, 3.8) is 0 Å². The van der Waals surface area contributed by atoms with Gasteiger partial charge in [0.2, 0.25) is 21.8 Å². The zero-order valence-corrected chi connectivity index (χ0v) is 19.5. The first kappa shape index (κ1) is 22.1. The molecule has 0 N–H and O–H groups in total. The average molecular weight is 468 g/mol. The summed E-state index contributed by atoms with van der Waals surface area (Å²) in [5.41, 5.74) is 2.70. The lowest BCUT2D eigenvalue weighted by molar-refractivity contribution is -0.128. The Labute approximate surface area is 195 Å². The Hall–Kier alpha value is -2.71. The number of nitrogens with zero attached hydrogens (tertiary/aromatic N) is 3. The van der Waals surface area contributed by atoms with Crippen LogP contribution >= 0.6 is 0 Å². The van der Waals surface area contributed by atoms with Crippen molar-refractivity contribution in [2.24, 2.45) is 5.92 Å². The minimum atomic E-state index is -3.50. The summed E-state index contributed by atoms with van der Waals surface area (Å²) in [6.07, 6.45) is 3.71. The predicted octanol–water partition coefficient (Wildman–Crippen LogP) is 2.80. The lowest BCUT2D eigenvalue weighted by Gasteiger charge is -2.26. The third-order valence-electron chi connectivity index (χ3n) is 6.95. The van der Waals surface area contributed by atoms with Crippen molar-refractivity contribution in [1.29, 1.82) is 0 Å². The Bertz CT molecular complexity index is 1160. The van der Waals surface area contributed by atoms with Gasteiger partial charge in [-0.1, -0.05) is 36.8 Å². The molecular weight excluding hydrogens is 438 g/mol. The van der Waals surface area contributed by atoms with Crippen molar-refractivity contribution in [3.05, 3.63) is 59.7 Å². The highest BCUT2D eigenvalue weighted by atomic mass is 32.2. The third-order valence-corrected chi connectivity index (χ3v) is 8.84. The molecule has 1 atom stereocenters. The molecule has 8 heteroatoms. The molecule has 3 aliphatic heterocycles. The number of benzene rings is 2. The maximum absolute atomic E-state index is 13.3. The van der Waals surface area contributed by atoms with E-state index in [2.05, 4.69) is 0 Å². The molecule has 174 valence electrons. The molecule has 33 heavy (non-hydrogen) atoms. The Balaban J connectivity index is 1.29. The highest BCUT2D eigenvalue weighted by Crippen LogP contribution is 2.34. The number of carbonyl (C=O) groups is 2. The van der Waals surface area contributed by atoms with Crippen LogP contribution < -0.4 is 4.90 Å². The molecule has 2 amide bonds. The Morgan fingerprint density at radius 1 is 0.970 bits per heavy atom. The minimum Gasteiger partial charge on any atom is -0.338 e. The molecule has 0 aromatic heterocycles. The van der Waals surface area contributed by atoms with E-state index in [1.165, 1.54) is 0 Å². The van der Waals surface area contributed by atoms with Gasteiger partial charge in [-0.3, -0.25) is 9.59 Å². The summed E-state index contributed by atoms with van der Waals surface area (Å²) in [5, 5.41) is 0. The van der Waals surface area contributed by atoms with Gasteiger partial charge in [0.1, 0.15) is 0 Å². The summed E-state index contributed by atoms with van der Waals surface area (Å²) < 4.78 is 27.6. The highest BCUT2D eigenvalue weighted by molar-refractivity contribution is 7.89. The molecule has 0 bridgehead atoms. The summed E-state index contributed by atoms with van der Waals surface area (Å²) in [7, 11) is -3.50. The van der Waals surface area contributed by atoms with Crippen LogP contribution in [0.25, 0.3) is 0 Å². The summed E-state index contributed by atoms with van der Waals surface area (Å²) in [5.74, 6) is -0.423. The first-order valence-electron chi connectivity index (χ1n) is 11.7. The quantitative estimate of drug-likeness (QED) is 0.678. The Morgan fingerprint density at radius 3 is 2.48 bits per heavy atom. The molecule has 2 fully saturated rings. The van der Waals surface area contributed by atoms with Crippen LogP contribution in [-0.2, 0) is 32.6 Å². The number of anilines is 1. The number of hydrogen-bond acceptors (Lipinski definition) is 4. The SMILES string of the molecule is O=C1CC(C(=O)N2CCc3cc(S(=O)(=O)N4CCCCC4)ccc32)CN1Cc1ccccc1. The molecule has 7 nitrogen and oxygen atoms in total. The van der Waals surface area contributed by atoms with E-state index in [1.807, 2.05) is 30.3 Å². The van der Waals surface area contributed by atoms with Crippen LogP contribution in [0.1, 0.15) is 36.8 Å². The van der Waals surface area contributed by atoms with Gasteiger partial charge in [-0.15, -0.1) is 0 Å². The number of likely N-dealkylation sites (tertiary alicyclic amines) is 1. The number of rotatable bonds is 5. The summed E-state index contributed by atoms with van der Waals surface area (Å²) in [6.45, 7) is 2.58. The van der Waals surface area contributed by atoms with Gasteiger partial charge in [0.05, 0.1) is 10.8 Å². The third kappa shape index (κ3) is 4.29. The number of piperidine rings is 1. The molecule has 0 spiro atoms. The molecule has 0 radical (unpaired) electrons. The lowest BCUT2D eigenvalue weighted by Crippen LogP contribution is -2.36. The fourth-order valence-corrected chi connectivity index (χ4v) is 6.70. The van der Waals surface area contributed by atoms with Crippen molar-refractivity contribution in [1.82, 2.24) is 9.21 Å². The fourth-order valence-electron chi connectivity index (χ4n) is 5.14. The van der Waals surface area contributed by atoms with E-state index in [9.17, 15) is 18.0 Å². The highest BCUT2D eigenvalue weighted by Gasteiger charge is 2.39. The number of fused-ring (bicyclic) bond motifs is 1. The van der Waals surface area contributed by atoms with Crippen LogP contribution in [0, 0.1) is 5.92 Å². The number of amides is 2. The van der Waals surface area contributed by atoms with E-state index in [1.54, 1.807) is 32.3 Å². The van der Waals surface area contributed by atoms with Crippen molar-refractivity contribution < 1.29 is 18.0 Å². The second-order valence-corrected chi connectivity index (χ2v) is 11.1. The monoisotopic (exact) mass is 467 g/mol. The van der Waals surface area contributed by atoms with E-state index in [4.69, 9.17) is 0 Å². The van der Waals surface area contributed by atoms with Crippen LogP contribution in [0.2, 0.25) is 0 Å². The second-order valence-electron chi connectivity index (χ2n) is 9.16. The van der Waals surface area contributed by atoms with E-state index < -0.39 is 10.0 Å². The van der Waals surface area contributed by atoms with Crippen LogP contribution in [0.3, 0.4) is 0 Å². The number of hydrogen-bond donors (Lipinski definition) is 0. The summed E-state index contributed by atoms with van der Waals surface area (Å²) >= 11 is 0. The molecule has 2 saturated heterocycles. The van der Waals surface area contributed by atoms with E-state index in [-0.39, 0.29) is 24.2 Å². The standard InChI is InChI=1S/C25H29N3O4S/c29-24-16-21(18-26(24)17-19-7-3-1-4-8-19)25(30)28-14-11-20-15-22(9-10-23(20)28)33(31,32)27-12-5-2-6-13-27/h1,3-4,7-10,15,21H,2,5-6,11-14,16-18H2. The summed E-state index contributed by atoms with van der Waals surface area (Å²) in [4.78, 5) is 29.6. The van der Waals surface area contributed by atoms with Crippen LogP contribution in [0.15, 0.2) is 53.4 Å². The molecule has 2 aromatic rings. The maximum Gasteiger partial charge on any atom is 0.243 e. The van der Waals surface area contributed by atoms with Crippen molar-refractivity contribution in [2.45, 2.75) is 43.5 Å². The average Bonchev–Trinajstić information content (AvgIpc) is 3.43. The van der Waals surface area contributed by atoms with Crippen LogP contribution in [0.4, 0.5) is 5.69 Å². The molecule has 3 aliphatic rings. The molecule has 0 aliphatic carbocycles. The second kappa shape index (κ2) is 8.91. The zero-order valence-electron chi connectivity index (χ0n) is 18.7. The Morgan fingerprint density at radius 2 is 1.73 bits per heavy atom. The molecular formula is C25H29N3O4S. The van der Waals surface area contributed by atoms with Gasteiger partial charge in [0, 0.05) is 44.8 Å². The predicted molar refractivity (Wildman–Crippen MR) is 125 cm³/mol. The zero-order chi connectivity index (χ0) is 23.0. The van der Waals surface area contributed by atoms with Crippen molar-refractivity contribution in [3.8, 4) is 0 Å². The number of sulfonamides is 1. The smallest absolute Gasteiger partial charge is 0.243 e. The van der Waals surface area contributed by atoms with Gasteiger partial charge in [0.15, 0.2) is 0 Å². The molecule has 5 rings (SSSR count). The van der Waals surface area contributed by atoms with Crippen molar-refractivity contribution >= 4 is 27.5 Å². The van der Waals surface area contributed by atoms with E-state index in [0.717, 1.165) is 36.1 Å². The normalized spacial score (nSPS) is 21.5. The van der Waals surface area contributed by atoms with Gasteiger partial charge < -0.3 is 9.80 Å². The largest absolute Gasteiger partial charge is 0.338 e. The molecule has 1 unspecified atom stereocenters. The number of carbonyl (C=O) groups excluding carboxylic acids is 2. The van der Waals surface area contributed by atoms with E-state index >= 15 is 0 Å². The molecule has 0 saturated carbocycles. The molecule has 2 aromatic carbocycles.